The number of carbonyl (C=O) groups excluding carboxylic acids is 1. The van der Waals surface area contributed by atoms with E-state index in [1.54, 1.807) is 20.3 Å². The molecule has 27 heavy (non-hydrogen) atoms. The summed E-state index contributed by atoms with van der Waals surface area (Å²) in [4.78, 5) is 16.6. The molecule has 1 heterocycles. The molecule has 2 aromatic carbocycles. The number of amides is 1. The number of aryl methyl sites for hydroxylation is 1. The number of ether oxygens (including phenoxy) is 3. The van der Waals surface area contributed by atoms with Gasteiger partial charge in [0.05, 0.1) is 20.8 Å². The Balaban J connectivity index is 1.73. The SMILES string of the molecule is COc1cc(/C=C2/N=C(CCOc3ccccc3)NC2=O)c(OC)cc1C. The Morgan fingerprint density at radius 3 is 2.52 bits per heavy atom. The Bertz CT molecular complexity index is 889. The van der Waals surface area contributed by atoms with Crippen LogP contribution in [0.4, 0.5) is 0 Å². The molecule has 140 valence electrons. The second kappa shape index (κ2) is 8.40. The van der Waals surface area contributed by atoms with Gasteiger partial charge in [0.2, 0.25) is 0 Å². The number of para-hydroxylation sites is 1. The van der Waals surface area contributed by atoms with Gasteiger partial charge in [-0.3, -0.25) is 4.79 Å². The van der Waals surface area contributed by atoms with Gasteiger partial charge < -0.3 is 19.5 Å². The maximum absolute atomic E-state index is 12.2. The van der Waals surface area contributed by atoms with Crippen molar-refractivity contribution >= 4 is 17.8 Å². The monoisotopic (exact) mass is 366 g/mol. The van der Waals surface area contributed by atoms with Crippen LogP contribution in [-0.4, -0.2) is 32.6 Å². The van der Waals surface area contributed by atoms with E-state index in [0.717, 1.165) is 22.6 Å². The summed E-state index contributed by atoms with van der Waals surface area (Å²) in [7, 11) is 3.20. The highest BCUT2D eigenvalue weighted by Crippen LogP contribution is 2.30. The van der Waals surface area contributed by atoms with Crippen LogP contribution in [0.3, 0.4) is 0 Å². The van der Waals surface area contributed by atoms with E-state index >= 15 is 0 Å². The van der Waals surface area contributed by atoms with Gasteiger partial charge >= 0.3 is 0 Å². The molecule has 0 bridgehead atoms. The van der Waals surface area contributed by atoms with Crippen LogP contribution in [0, 0.1) is 6.92 Å². The van der Waals surface area contributed by atoms with Crippen molar-refractivity contribution in [2.45, 2.75) is 13.3 Å². The Morgan fingerprint density at radius 1 is 1.07 bits per heavy atom. The highest BCUT2D eigenvalue weighted by Gasteiger charge is 2.20. The van der Waals surface area contributed by atoms with E-state index in [-0.39, 0.29) is 5.91 Å². The third-order valence-corrected chi connectivity index (χ3v) is 4.14. The number of hydrogen-bond acceptors (Lipinski definition) is 5. The third kappa shape index (κ3) is 4.47. The third-order valence-electron chi connectivity index (χ3n) is 4.14. The van der Waals surface area contributed by atoms with E-state index in [0.29, 0.717) is 30.3 Å². The van der Waals surface area contributed by atoms with E-state index in [9.17, 15) is 4.79 Å². The lowest BCUT2D eigenvalue weighted by atomic mass is 10.1. The van der Waals surface area contributed by atoms with Crippen molar-refractivity contribution in [3.63, 3.8) is 0 Å². The average Bonchev–Trinajstić information content (AvgIpc) is 3.03. The molecular formula is C21H22N2O4. The number of carbonyl (C=O) groups is 1. The molecule has 0 atom stereocenters. The number of nitrogens with one attached hydrogen (secondary N) is 1. The van der Waals surface area contributed by atoms with Crippen molar-refractivity contribution in [1.82, 2.24) is 5.32 Å². The summed E-state index contributed by atoms with van der Waals surface area (Å²) in [6.45, 7) is 2.36. The van der Waals surface area contributed by atoms with Gasteiger partial charge in [0, 0.05) is 12.0 Å². The van der Waals surface area contributed by atoms with Crippen LogP contribution in [0.2, 0.25) is 0 Å². The van der Waals surface area contributed by atoms with Crippen LogP contribution in [0.5, 0.6) is 17.2 Å². The lowest BCUT2D eigenvalue weighted by Gasteiger charge is -2.10. The van der Waals surface area contributed by atoms with E-state index in [1.165, 1.54) is 0 Å². The molecule has 0 spiro atoms. The molecule has 1 N–H and O–H groups in total. The fraction of sp³-hybridized carbons (Fsp3) is 0.238. The second-order valence-electron chi connectivity index (χ2n) is 6.02. The van der Waals surface area contributed by atoms with Gasteiger partial charge in [0.1, 0.15) is 28.8 Å². The molecule has 1 aliphatic heterocycles. The number of benzene rings is 2. The fourth-order valence-corrected chi connectivity index (χ4v) is 2.75. The van der Waals surface area contributed by atoms with Crippen LogP contribution in [0.25, 0.3) is 6.08 Å². The van der Waals surface area contributed by atoms with E-state index < -0.39 is 0 Å². The number of rotatable bonds is 7. The summed E-state index contributed by atoms with van der Waals surface area (Å²) >= 11 is 0. The smallest absolute Gasteiger partial charge is 0.275 e. The van der Waals surface area contributed by atoms with Crippen LogP contribution < -0.4 is 19.5 Å². The van der Waals surface area contributed by atoms with Crippen molar-refractivity contribution < 1.29 is 19.0 Å². The Hall–Kier alpha value is -3.28. The summed E-state index contributed by atoms with van der Waals surface area (Å²) in [5, 5.41) is 2.78. The molecule has 0 saturated carbocycles. The normalized spacial score (nSPS) is 14.7. The van der Waals surface area contributed by atoms with Gasteiger partial charge in [-0.05, 0) is 42.8 Å². The van der Waals surface area contributed by atoms with Crippen molar-refractivity contribution in [2.75, 3.05) is 20.8 Å². The number of amidine groups is 1. The molecular weight excluding hydrogens is 344 g/mol. The van der Waals surface area contributed by atoms with Crippen LogP contribution in [0.15, 0.2) is 53.2 Å². The topological polar surface area (TPSA) is 69.2 Å². The summed E-state index contributed by atoms with van der Waals surface area (Å²) in [6.07, 6.45) is 2.20. The summed E-state index contributed by atoms with van der Waals surface area (Å²) in [5.74, 6) is 2.51. The first-order valence-electron chi connectivity index (χ1n) is 8.62. The van der Waals surface area contributed by atoms with Gasteiger partial charge in [-0.1, -0.05) is 18.2 Å². The molecule has 3 rings (SSSR count). The zero-order chi connectivity index (χ0) is 19.2. The van der Waals surface area contributed by atoms with E-state index in [2.05, 4.69) is 10.3 Å². The van der Waals surface area contributed by atoms with Gasteiger partial charge in [0.15, 0.2) is 0 Å². The minimum atomic E-state index is -0.244. The molecule has 0 unspecified atom stereocenters. The Labute approximate surface area is 158 Å². The predicted molar refractivity (Wildman–Crippen MR) is 104 cm³/mol. The van der Waals surface area contributed by atoms with Crippen LogP contribution in [-0.2, 0) is 4.79 Å². The zero-order valence-electron chi connectivity index (χ0n) is 15.6. The highest BCUT2D eigenvalue weighted by atomic mass is 16.5. The van der Waals surface area contributed by atoms with Crippen molar-refractivity contribution in [2.24, 2.45) is 4.99 Å². The first-order chi connectivity index (χ1) is 13.1. The predicted octanol–water partition coefficient (Wildman–Crippen LogP) is 3.35. The lowest BCUT2D eigenvalue weighted by Crippen LogP contribution is -2.25. The molecule has 0 aromatic heterocycles. The molecule has 0 saturated heterocycles. The summed E-state index contributed by atoms with van der Waals surface area (Å²) < 4.78 is 16.4. The number of hydrogen-bond donors (Lipinski definition) is 1. The van der Waals surface area contributed by atoms with Crippen LogP contribution in [0.1, 0.15) is 17.5 Å². The number of methoxy groups -OCH3 is 2. The molecule has 1 aliphatic rings. The van der Waals surface area contributed by atoms with E-state index in [1.807, 2.05) is 49.4 Å². The fourth-order valence-electron chi connectivity index (χ4n) is 2.75. The van der Waals surface area contributed by atoms with Gasteiger partial charge in [-0.25, -0.2) is 4.99 Å². The molecule has 6 heteroatoms. The van der Waals surface area contributed by atoms with E-state index in [4.69, 9.17) is 14.2 Å². The van der Waals surface area contributed by atoms with Gasteiger partial charge in [0.25, 0.3) is 5.91 Å². The van der Waals surface area contributed by atoms with Gasteiger partial charge in [-0.2, -0.15) is 0 Å². The van der Waals surface area contributed by atoms with Crippen LogP contribution >= 0.6 is 0 Å². The zero-order valence-corrected chi connectivity index (χ0v) is 15.6. The number of nitrogens with zero attached hydrogens (tertiary/aromatic N) is 1. The van der Waals surface area contributed by atoms with Gasteiger partial charge in [-0.15, -0.1) is 0 Å². The summed E-state index contributed by atoms with van der Waals surface area (Å²) in [5.41, 5.74) is 2.01. The minimum absolute atomic E-state index is 0.244. The van der Waals surface area contributed by atoms with Crippen molar-refractivity contribution in [1.29, 1.82) is 0 Å². The van der Waals surface area contributed by atoms with Crippen molar-refractivity contribution in [3.05, 3.63) is 59.3 Å². The molecule has 0 radical (unpaired) electrons. The maximum atomic E-state index is 12.2. The number of aliphatic imine (C=N–C) groups is 1. The average molecular weight is 366 g/mol. The standard InChI is InChI=1S/C21H22N2O4/c1-14-11-19(26-3)15(13-18(14)25-2)12-17-21(24)23-20(22-17)9-10-27-16-7-5-4-6-8-16/h4-8,11-13H,9-10H2,1-3H3,(H,22,23,24)/b17-12+. The second-order valence-corrected chi connectivity index (χ2v) is 6.02. The molecule has 1 amide bonds. The molecule has 2 aromatic rings. The van der Waals surface area contributed by atoms with Crippen molar-refractivity contribution in [3.8, 4) is 17.2 Å². The maximum Gasteiger partial charge on any atom is 0.275 e. The first kappa shape index (κ1) is 18.5. The quantitative estimate of drug-likeness (QED) is 0.763. The molecule has 0 fully saturated rings. The minimum Gasteiger partial charge on any atom is -0.496 e. The molecule has 0 aliphatic carbocycles. The first-order valence-corrected chi connectivity index (χ1v) is 8.62. The largest absolute Gasteiger partial charge is 0.496 e. The summed E-state index contributed by atoms with van der Waals surface area (Å²) in [6, 6.07) is 13.2. The Kier molecular flexibility index (Phi) is 5.76. The molecule has 6 nitrogen and oxygen atoms in total. The highest BCUT2D eigenvalue weighted by molar-refractivity contribution is 6.14. The Morgan fingerprint density at radius 2 is 1.81 bits per heavy atom. The lowest BCUT2D eigenvalue weighted by molar-refractivity contribution is -0.115.